The Morgan fingerprint density at radius 3 is 2.96 bits per heavy atom. The van der Waals surface area contributed by atoms with E-state index in [4.69, 9.17) is 4.52 Å². The molecule has 0 fully saturated rings. The zero-order chi connectivity index (χ0) is 16.4. The van der Waals surface area contributed by atoms with Crippen LogP contribution < -0.4 is 5.32 Å². The number of aryl methyl sites for hydroxylation is 1. The van der Waals surface area contributed by atoms with Gasteiger partial charge in [-0.15, -0.1) is 0 Å². The number of aromatic amines is 1. The van der Waals surface area contributed by atoms with E-state index in [0.717, 1.165) is 0 Å². The first-order chi connectivity index (χ1) is 11.0. The molecule has 1 atom stereocenters. The van der Waals surface area contributed by atoms with E-state index in [9.17, 15) is 9.18 Å². The van der Waals surface area contributed by atoms with Gasteiger partial charge in [0.1, 0.15) is 11.9 Å². The third kappa shape index (κ3) is 3.10. The Labute approximate surface area is 130 Å². The molecule has 0 spiro atoms. The smallest absolute Gasteiger partial charge is 0.255 e. The van der Waals surface area contributed by atoms with Gasteiger partial charge in [-0.05, 0) is 26.0 Å². The number of hydrogen-bond donors (Lipinski definition) is 2. The summed E-state index contributed by atoms with van der Waals surface area (Å²) in [6, 6.07) is 5.39. The van der Waals surface area contributed by atoms with Crippen LogP contribution >= 0.6 is 0 Å². The van der Waals surface area contributed by atoms with Crippen molar-refractivity contribution in [2.75, 3.05) is 0 Å². The second-order valence-corrected chi connectivity index (χ2v) is 5.07. The van der Waals surface area contributed by atoms with Gasteiger partial charge in [-0.25, -0.2) is 4.39 Å². The number of nitrogens with one attached hydrogen (secondary N) is 2. The van der Waals surface area contributed by atoms with Crippen molar-refractivity contribution in [2.45, 2.75) is 19.9 Å². The minimum Gasteiger partial charge on any atom is -0.340 e. The Hall–Kier alpha value is -3.03. The molecule has 0 aliphatic carbocycles. The zero-order valence-corrected chi connectivity index (χ0v) is 12.5. The summed E-state index contributed by atoms with van der Waals surface area (Å²) in [6.07, 6.45) is 1.45. The maximum Gasteiger partial charge on any atom is 0.255 e. The highest BCUT2D eigenvalue weighted by atomic mass is 19.1. The number of amides is 1. The molecule has 0 aliphatic rings. The second-order valence-electron chi connectivity index (χ2n) is 5.07. The van der Waals surface area contributed by atoms with Gasteiger partial charge < -0.3 is 9.84 Å². The minimum atomic E-state index is -0.494. The predicted molar refractivity (Wildman–Crippen MR) is 78.9 cm³/mol. The van der Waals surface area contributed by atoms with E-state index >= 15 is 0 Å². The average Bonchev–Trinajstić information content (AvgIpc) is 3.16. The second kappa shape index (κ2) is 5.99. The van der Waals surface area contributed by atoms with Crippen molar-refractivity contribution in [3.05, 3.63) is 53.4 Å². The lowest BCUT2D eigenvalue weighted by atomic mass is 10.2. The summed E-state index contributed by atoms with van der Waals surface area (Å²) in [5.74, 6) is -0.182. The summed E-state index contributed by atoms with van der Waals surface area (Å²) in [5, 5.41) is 13.1. The molecule has 1 aromatic carbocycles. The summed E-state index contributed by atoms with van der Waals surface area (Å²) in [4.78, 5) is 16.3. The molecule has 0 saturated carbocycles. The van der Waals surface area contributed by atoms with Crippen molar-refractivity contribution < 1.29 is 13.7 Å². The first kappa shape index (κ1) is 14.9. The molecule has 118 valence electrons. The lowest BCUT2D eigenvalue weighted by Crippen LogP contribution is -2.27. The van der Waals surface area contributed by atoms with Crippen LogP contribution in [0.5, 0.6) is 0 Å². The molecule has 0 radical (unpaired) electrons. The standard InChI is InChI=1S/C15H14FN5O2/c1-8-12(7-17-20-8)14(22)18-9(2)15-19-13(21-23-15)10-4-3-5-11(16)6-10/h3-7,9H,1-2H3,(H,17,20)(H,18,22). The zero-order valence-electron chi connectivity index (χ0n) is 12.5. The first-order valence-corrected chi connectivity index (χ1v) is 6.95. The third-order valence-corrected chi connectivity index (χ3v) is 3.32. The Morgan fingerprint density at radius 1 is 1.43 bits per heavy atom. The summed E-state index contributed by atoms with van der Waals surface area (Å²) in [7, 11) is 0. The van der Waals surface area contributed by atoms with E-state index < -0.39 is 6.04 Å². The number of H-pyrrole nitrogens is 1. The SMILES string of the molecule is Cc1[nH]ncc1C(=O)NC(C)c1nc(-c2cccc(F)c2)no1. The number of hydrogen-bond acceptors (Lipinski definition) is 5. The molecular weight excluding hydrogens is 301 g/mol. The van der Waals surface area contributed by atoms with E-state index in [1.807, 2.05) is 0 Å². The van der Waals surface area contributed by atoms with Crippen LogP contribution in [-0.4, -0.2) is 26.2 Å². The van der Waals surface area contributed by atoms with Crippen LogP contribution in [0.2, 0.25) is 0 Å². The van der Waals surface area contributed by atoms with Crippen LogP contribution in [0.1, 0.15) is 34.9 Å². The summed E-state index contributed by atoms with van der Waals surface area (Å²) in [6.45, 7) is 3.47. The molecule has 0 saturated heterocycles. The van der Waals surface area contributed by atoms with E-state index in [2.05, 4.69) is 25.7 Å². The maximum absolute atomic E-state index is 13.2. The maximum atomic E-state index is 13.2. The quantitative estimate of drug-likeness (QED) is 0.770. The Morgan fingerprint density at radius 2 is 2.26 bits per heavy atom. The van der Waals surface area contributed by atoms with Gasteiger partial charge in [0.2, 0.25) is 11.7 Å². The predicted octanol–water partition coefficient (Wildman–Crippen LogP) is 2.40. The van der Waals surface area contributed by atoms with Crippen LogP contribution in [0.4, 0.5) is 4.39 Å². The Bertz CT molecular complexity index is 842. The molecule has 3 rings (SSSR count). The van der Waals surface area contributed by atoms with Crippen LogP contribution in [0.25, 0.3) is 11.4 Å². The lowest BCUT2D eigenvalue weighted by molar-refractivity contribution is 0.0932. The van der Waals surface area contributed by atoms with Crippen LogP contribution in [-0.2, 0) is 0 Å². The van der Waals surface area contributed by atoms with E-state index in [1.165, 1.54) is 18.3 Å². The highest BCUT2D eigenvalue weighted by Crippen LogP contribution is 2.19. The van der Waals surface area contributed by atoms with Gasteiger partial charge in [-0.1, -0.05) is 17.3 Å². The molecular formula is C15H14FN5O2. The summed E-state index contributed by atoms with van der Waals surface area (Å²) >= 11 is 0. The molecule has 2 heterocycles. The fraction of sp³-hybridized carbons (Fsp3) is 0.200. The van der Waals surface area contributed by atoms with Gasteiger partial charge in [0.05, 0.1) is 11.8 Å². The van der Waals surface area contributed by atoms with E-state index in [0.29, 0.717) is 16.8 Å². The van der Waals surface area contributed by atoms with Gasteiger partial charge in [0.15, 0.2) is 0 Å². The summed E-state index contributed by atoms with van der Waals surface area (Å²) in [5.41, 5.74) is 1.62. The molecule has 0 bridgehead atoms. The monoisotopic (exact) mass is 315 g/mol. The number of rotatable bonds is 4. The van der Waals surface area contributed by atoms with E-state index in [1.54, 1.807) is 26.0 Å². The number of aromatic nitrogens is 4. The number of halogens is 1. The fourth-order valence-electron chi connectivity index (χ4n) is 2.07. The third-order valence-electron chi connectivity index (χ3n) is 3.32. The lowest BCUT2D eigenvalue weighted by Gasteiger charge is -2.08. The van der Waals surface area contributed by atoms with Gasteiger partial charge in [-0.2, -0.15) is 10.1 Å². The largest absolute Gasteiger partial charge is 0.340 e. The average molecular weight is 315 g/mol. The van der Waals surface area contributed by atoms with Crippen LogP contribution in [0.3, 0.4) is 0 Å². The Balaban J connectivity index is 1.75. The number of nitrogens with zero attached hydrogens (tertiary/aromatic N) is 3. The first-order valence-electron chi connectivity index (χ1n) is 6.95. The van der Waals surface area contributed by atoms with Gasteiger partial charge in [-0.3, -0.25) is 9.89 Å². The molecule has 3 aromatic rings. The Kier molecular flexibility index (Phi) is 3.88. The van der Waals surface area contributed by atoms with E-state index in [-0.39, 0.29) is 23.4 Å². The normalized spacial score (nSPS) is 12.1. The topological polar surface area (TPSA) is 96.7 Å². The van der Waals surface area contributed by atoms with Gasteiger partial charge in [0, 0.05) is 11.3 Å². The molecule has 23 heavy (non-hydrogen) atoms. The molecule has 2 N–H and O–H groups in total. The highest BCUT2D eigenvalue weighted by Gasteiger charge is 2.19. The van der Waals surface area contributed by atoms with Crippen molar-refractivity contribution in [2.24, 2.45) is 0 Å². The minimum absolute atomic E-state index is 0.235. The molecule has 2 aromatic heterocycles. The molecule has 8 heteroatoms. The molecule has 1 unspecified atom stereocenters. The number of carbonyl (C=O) groups is 1. The van der Waals surface area contributed by atoms with Gasteiger partial charge >= 0.3 is 0 Å². The fourth-order valence-corrected chi connectivity index (χ4v) is 2.07. The van der Waals surface area contributed by atoms with Crippen molar-refractivity contribution >= 4 is 5.91 Å². The van der Waals surface area contributed by atoms with Crippen LogP contribution in [0.15, 0.2) is 35.0 Å². The van der Waals surface area contributed by atoms with Crippen molar-refractivity contribution in [1.29, 1.82) is 0 Å². The van der Waals surface area contributed by atoms with Crippen molar-refractivity contribution in [3.8, 4) is 11.4 Å². The highest BCUT2D eigenvalue weighted by molar-refractivity contribution is 5.95. The van der Waals surface area contributed by atoms with Crippen molar-refractivity contribution in [1.82, 2.24) is 25.7 Å². The van der Waals surface area contributed by atoms with Crippen molar-refractivity contribution in [3.63, 3.8) is 0 Å². The number of benzene rings is 1. The molecule has 1 amide bonds. The molecule has 7 nitrogen and oxygen atoms in total. The number of carbonyl (C=O) groups excluding carboxylic acids is 1. The van der Waals surface area contributed by atoms with Gasteiger partial charge in [0.25, 0.3) is 5.91 Å². The summed E-state index contributed by atoms with van der Waals surface area (Å²) < 4.78 is 18.4. The molecule has 0 aliphatic heterocycles. The van der Waals surface area contributed by atoms with Crippen LogP contribution in [0, 0.1) is 12.7 Å².